The Morgan fingerprint density at radius 3 is 2.55 bits per heavy atom. The first-order chi connectivity index (χ1) is 9.25. The number of hydrogen-bond donors (Lipinski definition) is 1. The largest absolute Gasteiger partial charge is 0.378 e. The van der Waals surface area contributed by atoms with Gasteiger partial charge in [0.2, 0.25) is 0 Å². The van der Waals surface area contributed by atoms with Crippen molar-refractivity contribution >= 4 is 18.1 Å². The highest BCUT2D eigenvalue weighted by Crippen LogP contribution is 2.11. The summed E-state index contributed by atoms with van der Waals surface area (Å²) >= 11 is 0. The average Bonchev–Trinajstić information content (AvgIpc) is 2.92. The number of aromatic nitrogens is 2. The third-order valence-electron chi connectivity index (χ3n) is 3.11. The van der Waals surface area contributed by atoms with Crippen LogP contribution in [0.15, 0.2) is 43.0 Å². The highest BCUT2D eigenvalue weighted by molar-refractivity contribution is 5.85. The van der Waals surface area contributed by atoms with E-state index in [0.29, 0.717) is 0 Å². The van der Waals surface area contributed by atoms with E-state index in [4.69, 9.17) is 0 Å². The third-order valence-corrected chi connectivity index (χ3v) is 3.11. The van der Waals surface area contributed by atoms with Crippen molar-refractivity contribution in [3.63, 3.8) is 0 Å². The summed E-state index contributed by atoms with van der Waals surface area (Å²) in [6.07, 6.45) is 6.80. The standard InChI is InChI=1S/C15H22N4.ClH/c1-18(2)15-6-4-14(5-7-15)12-16-8-3-10-19-11-9-17-13-19;/h4-7,9,11,13,16H,3,8,10,12H2,1-2H3;1H. The second-order valence-electron chi connectivity index (χ2n) is 4.89. The lowest BCUT2D eigenvalue weighted by molar-refractivity contribution is 0.581. The van der Waals surface area contributed by atoms with Crippen LogP contribution in [-0.4, -0.2) is 30.2 Å². The van der Waals surface area contributed by atoms with Crippen LogP contribution in [0.3, 0.4) is 0 Å². The minimum absolute atomic E-state index is 0. The molecule has 110 valence electrons. The van der Waals surface area contributed by atoms with Crippen LogP contribution in [0.25, 0.3) is 0 Å². The van der Waals surface area contributed by atoms with Crippen LogP contribution in [0.5, 0.6) is 0 Å². The van der Waals surface area contributed by atoms with Crippen LogP contribution >= 0.6 is 12.4 Å². The molecule has 4 nitrogen and oxygen atoms in total. The lowest BCUT2D eigenvalue weighted by Crippen LogP contribution is -2.16. The molecule has 0 spiro atoms. The molecule has 0 atom stereocenters. The van der Waals surface area contributed by atoms with Crippen LogP contribution in [0.1, 0.15) is 12.0 Å². The van der Waals surface area contributed by atoms with Gasteiger partial charge in [0.05, 0.1) is 6.33 Å². The van der Waals surface area contributed by atoms with Crippen LogP contribution < -0.4 is 10.2 Å². The van der Waals surface area contributed by atoms with E-state index in [1.165, 1.54) is 11.3 Å². The normalized spacial score (nSPS) is 10.1. The Bertz CT molecular complexity index is 465. The van der Waals surface area contributed by atoms with Gasteiger partial charge in [-0.25, -0.2) is 4.98 Å². The molecule has 0 aliphatic rings. The van der Waals surface area contributed by atoms with Crippen molar-refractivity contribution in [3.05, 3.63) is 48.5 Å². The van der Waals surface area contributed by atoms with Gasteiger partial charge in [-0.15, -0.1) is 12.4 Å². The molecule has 20 heavy (non-hydrogen) atoms. The topological polar surface area (TPSA) is 33.1 Å². The molecule has 2 aromatic rings. The van der Waals surface area contributed by atoms with E-state index in [2.05, 4.69) is 58.1 Å². The Morgan fingerprint density at radius 2 is 1.95 bits per heavy atom. The predicted molar refractivity (Wildman–Crippen MR) is 86.6 cm³/mol. The minimum Gasteiger partial charge on any atom is -0.378 e. The summed E-state index contributed by atoms with van der Waals surface area (Å²) in [7, 11) is 4.12. The van der Waals surface area contributed by atoms with Crippen molar-refractivity contribution in [2.45, 2.75) is 19.5 Å². The quantitative estimate of drug-likeness (QED) is 0.797. The Kier molecular flexibility index (Phi) is 7.12. The summed E-state index contributed by atoms with van der Waals surface area (Å²) < 4.78 is 2.10. The monoisotopic (exact) mass is 294 g/mol. The molecule has 0 aliphatic heterocycles. The number of benzene rings is 1. The number of aryl methyl sites for hydroxylation is 1. The molecule has 0 saturated carbocycles. The maximum atomic E-state index is 4.03. The summed E-state index contributed by atoms with van der Waals surface area (Å²) in [4.78, 5) is 6.14. The van der Waals surface area contributed by atoms with Gasteiger partial charge < -0.3 is 14.8 Å². The molecular weight excluding hydrogens is 272 g/mol. The second-order valence-corrected chi connectivity index (χ2v) is 4.89. The smallest absolute Gasteiger partial charge is 0.0945 e. The maximum absolute atomic E-state index is 4.03. The van der Waals surface area contributed by atoms with Gasteiger partial charge in [0.25, 0.3) is 0 Å². The number of halogens is 1. The Labute approximate surface area is 127 Å². The van der Waals surface area contributed by atoms with Crippen molar-refractivity contribution < 1.29 is 0 Å². The molecule has 0 bridgehead atoms. The van der Waals surface area contributed by atoms with E-state index >= 15 is 0 Å². The summed E-state index contributed by atoms with van der Waals surface area (Å²) in [6.45, 7) is 2.97. The third kappa shape index (κ3) is 5.23. The van der Waals surface area contributed by atoms with E-state index in [0.717, 1.165) is 26.1 Å². The maximum Gasteiger partial charge on any atom is 0.0945 e. The molecule has 1 aromatic heterocycles. The van der Waals surface area contributed by atoms with Gasteiger partial charge >= 0.3 is 0 Å². The average molecular weight is 295 g/mol. The fourth-order valence-corrected chi connectivity index (χ4v) is 1.95. The van der Waals surface area contributed by atoms with Crippen molar-refractivity contribution in [2.24, 2.45) is 0 Å². The number of rotatable bonds is 7. The summed E-state index contributed by atoms with van der Waals surface area (Å²) in [5.74, 6) is 0. The summed E-state index contributed by atoms with van der Waals surface area (Å²) in [5, 5.41) is 3.47. The molecule has 2 rings (SSSR count). The number of imidazole rings is 1. The Balaban J connectivity index is 0.00000200. The van der Waals surface area contributed by atoms with Crippen LogP contribution in [0.2, 0.25) is 0 Å². The van der Waals surface area contributed by atoms with E-state index in [9.17, 15) is 0 Å². The molecule has 1 heterocycles. The fraction of sp³-hybridized carbons (Fsp3) is 0.400. The number of anilines is 1. The van der Waals surface area contributed by atoms with Gasteiger partial charge in [-0.2, -0.15) is 0 Å². The first-order valence-corrected chi connectivity index (χ1v) is 6.68. The molecule has 1 N–H and O–H groups in total. The molecule has 1 aromatic carbocycles. The van der Waals surface area contributed by atoms with Gasteiger partial charge in [-0.05, 0) is 30.7 Å². The minimum atomic E-state index is 0. The van der Waals surface area contributed by atoms with Crippen molar-refractivity contribution in [1.82, 2.24) is 14.9 Å². The molecule has 0 amide bonds. The molecule has 0 radical (unpaired) electrons. The van der Waals surface area contributed by atoms with E-state index in [1.807, 2.05) is 18.7 Å². The Hall–Kier alpha value is -1.52. The lowest BCUT2D eigenvalue weighted by atomic mass is 10.2. The first-order valence-electron chi connectivity index (χ1n) is 6.68. The van der Waals surface area contributed by atoms with Gasteiger partial charge in [-0.1, -0.05) is 12.1 Å². The SMILES string of the molecule is CN(C)c1ccc(CNCCCn2ccnc2)cc1.Cl. The van der Waals surface area contributed by atoms with Crippen molar-refractivity contribution in [2.75, 3.05) is 25.5 Å². The van der Waals surface area contributed by atoms with Gasteiger partial charge in [-0.3, -0.25) is 0 Å². The molecule has 5 heteroatoms. The van der Waals surface area contributed by atoms with Crippen LogP contribution in [0.4, 0.5) is 5.69 Å². The van der Waals surface area contributed by atoms with E-state index < -0.39 is 0 Å². The van der Waals surface area contributed by atoms with E-state index in [-0.39, 0.29) is 12.4 Å². The van der Waals surface area contributed by atoms with Crippen molar-refractivity contribution in [3.8, 4) is 0 Å². The highest BCUT2D eigenvalue weighted by atomic mass is 35.5. The molecular formula is C15H23ClN4. The molecule has 0 aliphatic carbocycles. The zero-order valence-electron chi connectivity index (χ0n) is 12.1. The highest BCUT2D eigenvalue weighted by Gasteiger charge is 1.96. The van der Waals surface area contributed by atoms with Crippen LogP contribution in [0, 0.1) is 0 Å². The van der Waals surface area contributed by atoms with Crippen LogP contribution in [-0.2, 0) is 13.1 Å². The number of hydrogen-bond acceptors (Lipinski definition) is 3. The predicted octanol–water partition coefficient (Wildman–Crippen LogP) is 2.55. The zero-order chi connectivity index (χ0) is 13.5. The molecule has 0 fully saturated rings. The van der Waals surface area contributed by atoms with E-state index in [1.54, 1.807) is 0 Å². The lowest BCUT2D eigenvalue weighted by Gasteiger charge is -2.13. The van der Waals surface area contributed by atoms with Crippen molar-refractivity contribution in [1.29, 1.82) is 0 Å². The second kappa shape index (κ2) is 8.61. The van der Waals surface area contributed by atoms with Gasteiger partial charge in [0.15, 0.2) is 0 Å². The molecule has 0 unspecified atom stereocenters. The Morgan fingerprint density at radius 1 is 1.20 bits per heavy atom. The fourth-order valence-electron chi connectivity index (χ4n) is 1.95. The summed E-state index contributed by atoms with van der Waals surface area (Å²) in [5.41, 5.74) is 2.57. The number of nitrogens with zero attached hydrogens (tertiary/aromatic N) is 3. The van der Waals surface area contributed by atoms with Gasteiger partial charge in [0, 0.05) is 45.3 Å². The number of nitrogens with one attached hydrogen (secondary N) is 1. The first kappa shape index (κ1) is 16.5. The molecule has 0 saturated heterocycles. The zero-order valence-corrected chi connectivity index (χ0v) is 12.9. The summed E-state index contributed by atoms with van der Waals surface area (Å²) in [6, 6.07) is 8.67. The van der Waals surface area contributed by atoms with Gasteiger partial charge in [0.1, 0.15) is 0 Å².